The Morgan fingerprint density at radius 1 is 1.62 bits per heavy atom. The standard InChI is InChI=1S/C7H10N4O2/c8-5(7(12)13)6-10-9-4-2-1-3-11(4)6/h5H,1-3,8H2,(H,12,13)/t5-/m1/s1. The van der Waals surface area contributed by atoms with Crippen molar-refractivity contribution in [3.8, 4) is 0 Å². The van der Waals surface area contributed by atoms with Crippen LogP contribution in [0, 0.1) is 0 Å². The first kappa shape index (κ1) is 8.18. The van der Waals surface area contributed by atoms with Crippen molar-refractivity contribution >= 4 is 5.97 Å². The van der Waals surface area contributed by atoms with E-state index in [2.05, 4.69) is 10.2 Å². The predicted octanol–water partition coefficient (Wildman–Crippen LogP) is -0.691. The number of aryl methyl sites for hydroxylation is 1. The van der Waals surface area contributed by atoms with Gasteiger partial charge in [-0.05, 0) is 6.42 Å². The van der Waals surface area contributed by atoms with Crippen molar-refractivity contribution in [3.05, 3.63) is 11.6 Å². The van der Waals surface area contributed by atoms with Crippen LogP contribution in [0.1, 0.15) is 24.1 Å². The number of rotatable bonds is 2. The summed E-state index contributed by atoms with van der Waals surface area (Å²) >= 11 is 0. The molecular weight excluding hydrogens is 172 g/mol. The number of carbonyl (C=O) groups is 1. The van der Waals surface area contributed by atoms with Gasteiger partial charge in [-0.15, -0.1) is 10.2 Å². The molecule has 0 bridgehead atoms. The molecule has 0 aliphatic carbocycles. The quantitative estimate of drug-likeness (QED) is 0.631. The van der Waals surface area contributed by atoms with Crippen LogP contribution in [0.25, 0.3) is 0 Å². The average molecular weight is 182 g/mol. The molecule has 1 aliphatic rings. The smallest absolute Gasteiger partial charge is 0.328 e. The van der Waals surface area contributed by atoms with Crippen LogP contribution in [0.2, 0.25) is 0 Å². The molecular formula is C7H10N4O2. The van der Waals surface area contributed by atoms with Gasteiger partial charge in [0.25, 0.3) is 0 Å². The Kier molecular flexibility index (Phi) is 1.77. The fourth-order valence-electron chi connectivity index (χ4n) is 1.51. The van der Waals surface area contributed by atoms with E-state index in [1.807, 2.05) is 0 Å². The van der Waals surface area contributed by atoms with Crippen molar-refractivity contribution in [2.24, 2.45) is 5.73 Å². The lowest BCUT2D eigenvalue weighted by atomic mass is 10.3. The van der Waals surface area contributed by atoms with Gasteiger partial charge in [0.05, 0.1) is 0 Å². The summed E-state index contributed by atoms with van der Waals surface area (Å²) in [7, 11) is 0. The Balaban J connectivity index is 2.36. The lowest BCUT2D eigenvalue weighted by Crippen LogP contribution is -2.24. The lowest BCUT2D eigenvalue weighted by molar-refractivity contribution is -0.138. The van der Waals surface area contributed by atoms with Crippen molar-refractivity contribution in [2.45, 2.75) is 25.4 Å². The average Bonchev–Trinajstić information content (AvgIpc) is 2.61. The Morgan fingerprint density at radius 3 is 3.08 bits per heavy atom. The van der Waals surface area contributed by atoms with Gasteiger partial charge in [-0.1, -0.05) is 0 Å². The van der Waals surface area contributed by atoms with Gasteiger partial charge >= 0.3 is 5.97 Å². The Morgan fingerprint density at radius 2 is 2.38 bits per heavy atom. The molecule has 0 fully saturated rings. The molecule has 1 aromatic heterocycles. The highest BCUT2D eigenvalue weighted by Gasteiger charge is 2.25. The number of carboxylic acid groups (broad SMARTS) is 1. The number of fused-ring (bicyclic) bond motifs is 1. The van der Waals surface area contributed by atoms with Crippen LogP contribution in [-0.2, 0) is 17.8 Å². The molecule has 0 spiro atoms. The molecule has 6 nitrogen and oxygen atoms in total. The molecule has 0 unspecified atom stereocenters. The van der Waals surface area contributed by atoms with Crippen LogP contribution in [0.15, 0.2) is 0 Å². The largest absolute Gasteiger partial charge is 0.480 e. The van der Waals surface area contributed by atoms with Gasteiger partial charge in [-0.3, -0.25) is 4.79 Å². The maximum absolute atomic E-state index is 10.6. The van der Waals surface area contributed by atoms with E-state index < -0.39 is 12.0 Å². The lowest BCUT2D eigenvalue weighted by Gasteiger charge is -2.05. The summed E-state index contributed by atoms with van der Waals surface area (Å²) in [6.45, 7) is 0.776. The number of aliphatic carboxylic acids is 1. The van der Waals surface area contributed by atoms with E-state index in [0.29, 0.717) is 5.82 Å². The van der Waals surface area contributed by atoms with E-state index in [1.54, 1.807) is 4.57 Å². The van der Waals surface area contributed by atoms with Gasteiger partial charge in [0.1, 0.15) is 5.82 Å². The van der Waals surface area contributed by atoms with Crippen molar-refractivity contribution in [1.82, 2.24) is 14.8 Å². The summed E-state index contributed by atoms with van der Waals surface area (Å²) < 4.78 is 1.79. The summed E-state index contributed by atoms with van der Waals surface area (Å²) in [6.07, 6.45) is 1.85. The molecule has 3 N–H and O–H groups in total. The van der Waals surface area contributed by atoms with E-state index in [1.165, 1.54) is 0 Å². The van der Waals surface area contributed by atoms with Crippen LogP contribution in [0.5, 0.6) is 0 Å². The molecule has 2 rings (SSSR count). The summed E-state index contributed by atoms with van der Waals surface area (Å²) in [4.78, 5) is 10.6. The second-order valence-corrected chi connectivity index (χ2v) is 3.05. The van der Waals surface area contributed by atoms with Gasteiger partial charge in [0, 0.05) is 13.0 Å². The maximum Gasteiger partial charge on any atom is 0.328 e. The van der Waals surface area contributed by atoms with Crippen LogP contribution in [0.4, 0.5) is 0 Å². The zero-order chi connectivity index (χ0) is 9.42. The van der Waals surface area contributed by atoms with Crippen LogP contribution in [0.3, 0.4) is 0 Å². The number of nitrogens with two attached hydrogens (primary N) is 1. The number of nitrogens with zero attached hydrogens (tertiary/aromatic N) is 3. The minimum Gasteiger partial charge on any atom is -0.480 e. The molecule has 1 aromatic rings. The second-order valence-electron chi connectivity index (χ2n) is 3.05. The van der Waals surface area contributed by atoms with Crippen LogP contribution < -0.4 is 5.73 Å². The maximum atomic E-state index is 10.6. The highest BCUT2D eigenvalue weighted by atomic mass is 16.4. The number of aromatic nitrogens is 3. The Hall–Kier alpha value is -1.43. The van der Waals surface area contributed by atoms with Crippen LogP contribution in [-0.4, -0.2) is 25.8 Å². The van der Waals surface area contributed by atoms with Crippen molar-refractivity contribution in [1.29, 1.82) is 0 Å². The molecule has 70 valence electrons. The normalized spacial score (nSPS) is 17.0. The zero-order valence-corrected chi connectivity index (χ0v) is 6.97. The summed E-state index contributed by atoms with van der Waals surface area (Å²) in [6, 6.07) is -1.06. The Labute approximate surface area is 74.4 Å². The van der Waals surface area contributed by atoms with Crippen LogP contribution >= 0.6 is 0 Å². The third-order valence-electron chi connectivity index (χ3n) is 2.18. The predicted molar refractivity (Wildman–Crippen MR) is 42.9 cm³/mol. The third kappa shape index (κ3) is 1.19. The highest BCUT2D eigenvalue weighted by Crippen LogP contribution is 2.17. The van der Waals surface area contributed by atoms with Gasteiger partial charge in [0.15, 0.2) is 11.9 Å². The van der Waals surface area contributed by atoms with E-state index in [0.717, 1.165) is 25.2 Å². The van der Waals surface area contributed by atoms with E-state index in [-0.39, 0.29) is 0 Å². The van der Waals surface area contributed by atoms with Gasteiger partial charge in [-0.2, -0.15) is 0 Å². The minimum absolute atomic E-state index is 0.361. The second kappa shape index (κ2) is 2.81. The molecule has 0 aromatic carbocycles. The first-order valence-electron chi connectivity index (χ1n) is 4.10. The molecule has 13 heavy (non-hydrogen) atoms. The molecule has 0 saturated heterocycles. The number of hydrogen-bond acceptors (Lipinski definition) is 4. The molecule has 0 saturated carbocycles. The number of hydrogen-bond donors (Lipinski definition) is 2. The topological polar surface area (TPSA) is 94.0 Å². The fourth-order valence-corrected chi connectivity index (χ4v) is 1.51. The zero-order valence-electron chi connectivity index (χ0n) is 6.97. The number of carboxylic acids is 1. The monoisotopic (exact) mass is 182 g/mol. The molecule has 1 atom stereocenters. The minimum atomic E-state index is -1.07. The molecule has 0 amide bonds. The molecule has 6 heteroatoms. The summed E-state index contributed by atoms with van der Waals surface area (Å²) in [5.74, 6) is 0.133. The molecule has 1 aliphatic heterocycles. The van der Waals surface area contributed by atoms with Crippen molar-refractivity contribution in [3.63, 3.8) is 0 Å². The van der Waals surface area contributed by atoms with Gasteiger partial charge in [0.2, 0.25) is 0 Å². The van der Waals surface area contributed by atoms with E-state index >= 15 is 0 Å². The first-order valence-corrected chi connectivity index (χ1v) is 4.10. The summed E-state index contributed by atoms with van der Waals surface area (Å²) in [5, 5.41) is 16.3. The fraction of sp³-hybridized carbons (Fsp3) is 0.571. The SMILES string of the molecule is N[C@@H](C(=O)O)c1nnc2n1CCC2. The molecule has 0 radical (unpaired) electrons. The van der Waals surface area contributed by atoms with E-state index in [4.69, 9.17) is 10.8 Å². The van der Waals surface area contributed by atoms with Gasteiger partial charge in [-0.25, -0.2) is 0 Å². The molecule has 2 heterocycles. The highest BCUT2D eigenvalue weighted by molar-refractivity contribution is 5.74. The first-order chi connectivity index (χ1) is 6.20. The summed E-state index contributed by atoms with van der Waals surface area (Å²) in [5.41, 5.74) is 5.43. The van der Waals surface area contributed by atoms with E-state index in [9.17, 15) is 4.79 Å². The van der Waals surface area contributed by atoms with Gasteiger partial charge < -0.3 is 15.4 Å². The third-order valence-corrected chi connectivity index (χ3v) is 2.18. The van der Waals surface area contributed by atoms with Crippen molar-refractivity contribution in [2.75, 3.05) is 0 Å². The van der Waals surface area contributed by atoms with Crippen molar-refractivity contribution < 1.29 is 9.90 Å². The Bertz CT molecular complexity index is 346.